The maximum atomic E-state index is 12.9. The van der Waals surface area contributed by atoms with Crippen molar-refractivity contribution in [1.29, 1.82) is 0 Å². The maximum Gasteiger partial charge on any atom is 0.252 e. The molecule has 5 nitrogen and oxygen atoms in total. The summed E-state index contributed by atoms with van der Waals surface area (Å²) < 4.78 is 27.7. The molecule has 0 amide bonds. The van der Waals surface area contributed by atoms with E-state index in [0.29, 0.717) is 30.1 Å². The van der Waals surface area contributed by atoms with Crippen molar-refractivity contribution in [3.05, 3.63) is 89.3 Å². The van der Waals surface area contributed by atoms with Crippen molar-refractivity contribution in [2.75, 3.05) is 13.1 Å². The van der Waals surface area contributed by atoms with E-state index < -0.39 is 15.7 Å². The van der Waals surface area contributed by atoms with E-state index >= 15 is 0 Å². The Morgan fingerprint density at radius 3 is 1.77 bits per heavy atom. The van der Waals surface area contributed by atoms with Crippen LogP contribution in [0, 0.1) is 0 Å². The van der Waals surface area contributed by atoms with E-state index in [9.17, 15) is 8.42 Å². The molecule has 0 bridgehead atoms. The van der Waals surface area contributed by atoms with Gasteiger partial charge in [0.1, 0.15) is 4.21 Å². The van der Waals surface area contributed by atoms with Gasteiger partial charge in [0, 0.05) is 37.1 Å². The van der Waals surface area contributed by atoms with Crippen molar-refractivity contribution in [2.45, 2.75) is 22.7 Å². The van der Waals surface area contributed by atoms with Crippen LogP contribution in [0.4, 0.5) is 0 Å². The minimum atomic E-state index is -3.44. The molecule has 7 heteroatoms. The van der Waals surface area contributed by atoms with Gasteiger partial charge in [-0.05, 0) is 11.4 Å². The molecule has 3 heterocycles. The van der Waals surface area contributed by atoms with Crippen LogP contribution in [0.25, 0.3) is 0 Å². The molecule has 1 fully saturated rings. The van der Waals surface area contributed by atoms with Crippen LogP contribution in [0.5, 0.6) is 0 Å². The highest BCUT2D eigenvalue weighted by Crippen LogP contribution is 2.36. The van der Waals surface area contributed by atoms with Crippen molar-refractivity contribution in [1.82, 2.24) is 4.31 Å². The first kappa shape index (κ1) is 19.4. The van der Waals surface area contributed by atoms with E-state index in [1.165, 1.54) is 11.3 Å². The van der Waals surface area contributed by atoms with Gasteiger partial charge < -0.3 is 0 Å². The lowest BCUT2D eigenvalue weighted by Gasteiger charge is -2.34. The van der Waals surface area contributed by atoms with Gasteiger partial charge in [0.15, 0.2) is 5.66 Å². The molecule has 0 unspecified atom stereocenters. The van der Waals surface area contributed by atoms with Crippen LogP contribution in [-0.4, -0.2) is 42.9 Å². The number of benzene rings is 2. The van der Waals surface area contributed by atoms with E-state index in [1.807, 2.05) is 60.7 Å². The Balaban J connectivity index is 1.47. The van der Waals surface area contributed by atoms with E-state index in [4.69, 9.17) is 9.98 Å². The first-order valence-electron chi connectivity index (χ1n) is 9.92. The number of thiophene rings is 1. The van der Waals surface area contributed by atoms with Crippen LogP contribution in [0.3, 0.4) is 0 Å². The molecule has 0 N–H and O–H groups in total. The van der Waals surface area contributed by atoms with Crippen LogP contribution < -0.4 is 0 Å². The molecule has 5 rings (SSSR count). The van der Waals surface area contributed by atoms with Gasteiger partial charge in [0.25, 0.3) is 10.0 Å². The van der Waals surface area contributed by atoms with Gasteiger partial charge in [-0.2, -0.15) is 4.31 Å². The number of nitrogens with zero attached hydrogens (tertiary/aromatic N) is 3. The average Bonchev–Trinajstić information content (AvgIpc) is 3.45. The van der Waals surface area contributed by atoms with Gasteiger partial charge in [-0.3, -0.25) is 9.98 Å². The smallest absolute Gasteiger partial charge is 0.252 e. The summed E-state index contributed by atoms with van der Waals surface area (Å²) in [6, 6.07) is 23.6. The highest BCUT2D eigenvalue weighted by molar-refractivity contribution is 7.91. The molecule has 30 heavy (non-hydrogen) atoms. The zero-order valence-corrected chi connectivity index (χ0v) is 17.9. The van der Waals surface area contributed by atoms with E-state index in [1.54, 1.807) is 21.8 Å². The lowest BCUT2D eigenvalue weighted by Crippen LogP contribution is -2.44. The molecule has 0 radical (unpaired) electrons. The summed E-state index contributed by atoms with van der Waals surface area (Å²) in [7, 11) is -3.44. The Hall–Kier alpha value is -2.61. The number of rotatable bonds is 4. The predicted molar refractivity (Wildman–Crippen MR) is 121 cm³/mol. The van der Waals surface area contributed by atoms with Gasteiger partial charge in [0.2, 0.25) is 0 Å². The summed E-state index contributed by atoms with van der Waals surface area (Å²) in [5.74, 6) is 0. The van der Waals surface area contributed by atoms with Crippen molar-refractivity contribution in [2.24, 2.45) is 9.98 Å². The summed E-state index contributed by atoms with van der Waals surface area (Å²) >= 11 is 1.26. The number of aliphatic imine (C=N–C) groups is 2. The van der Waals surface area contributed by atoms with Crippen molar-refractivity contribution in [3.63, 3.8) is 0 Å². The Bertz CT molecular complexity index is 1140. The Morgan fingerprint density at radius 2 is 1.30 bits per heavy atom. The highest BCUT2D eigenvalue weighted by Gasteiger charge is 2.42. The number of sulfonamides is 1. The highest BCUT2D eigenvalue weighted by atomic mass is 32.2. The van der Waals surface area contributed by atoms with E-state index in [2.05, 4.69) is 0 Å². The summed E-state index contributed by atoms with van der Waals surface area (Å²) in [6.45, 7) is 0.828. The third kappa shape index (κ3) is 3.43. The Morgan fingerprint density at radius 1 is 0.767 bits per heavy atom. The zero-order valence-electron chi connectivity index (χ0n) is 16.3. The van der Waals surface area contributed by atoms with Crippen molar-refractivity contribution < 1.29 is 8.42 Å². The largest absolute Gasteiger partial charge is 0.253 e. The molecule has 1 aromatic heterocycles. The normalized spacial score (nSPS) is 18.9. The summed E-state index contributed by atoms with van der Waals surface area (Å²) in [4.78, 5) is 10.2. The molecular weight excluding hydrogens is 414 g/mol. The standard InChI is InChI=1S/C23H21N3O2S2/c27-30(28,20-12-7-17-29-20)26-15-13-23(14-16-26)24-21(18-8-3-1-4-9-18)22(25-23)19-10-5-2-6-11-19/h1-12,17H,13-16H2. The quantitative estimate of drug-likeness (QED) is 0.616. The Labute approximate surface area is 180 Å². The number of hydrogen-bond acceptors (Lipinski definition) is 5. The predicted octanol–water partition coefficient (Wildman–Crippen LogP) is 4.22. The third-order valence-electron chi connectivity index (χ3n) is 5.57. The van der Waals surface area contributed by atoms with Crippen LogP contribution in [0.2, 0.25) is 0 Å². The molecule has 1 saturated heterocycles. The van der Waals surface area contributed by atoms with Gasteiger partial charge in [0.05, 0.1) is 11.4 Å². The second kappa shape index (κ2) is 7.58. The maximum absolute atomic E-state index is 12.9. The molecule has 0 aliphatic carbocycles. The molecular formula is C23H21N3O2S2. The molecule has 152 valence electrons. The molecule has 0 saturated carbocycles. The fourth-order valence-electron chi connectivity index (χ4n) is 3.99. The van der Waals surface area contributed by atoms with Crippen molar-refractivity contribution in [3.8, 4) is 0 Å². The molecule has 2 aliphatic rings. The fraction of sp³-hybridized carbons (Fsp3) is 0.217. The summed E-state index contributed by atoms with van der Waals surface area (Å²) in [6.07, 6.45) is 1.15. The van der Waals surface area contributed by atoms with E-state index in [0.717, 1.165) is 22.6 Å². The van der Waals surface area contributed by atoms with Gasteiger partial charge in [-0.15, -0.1) is 11.3 Å². The zero-order chi connectivity index (χ0) is 20.6. The summed E-state index contributed by atoms with van der Waals surface area (Å²) in [5, 5.41) is 1.79. The monoisotopic (exact) mass is 435 g/mol. The lowest BCUT2D eigenvalue weighted by atomic mass is 10.00. The van der Waals surface area contributed by atoms with Crippen LogP contribution in [0.15, 0.2) is 92.4 Å². The van der Waals surface area contributed by atoms with Crippen LogP contribution in [-0.2, 0) is 10.0 Å². The topological polar surface area (TPSA) is 62.1 Å². The Kier molecular flexibility index (Phi) is 4.89. The first-order valence-corrected chi connectivity index (χ1v) is 12.2. The summed E-state index contributed by atoms with van der Waals surface area (Å²) in [5.41, 5.74) is 3.24. The molecule has 2 aliphatic heterocycles. The number of hydrogen-bond donors (Lipinski definition) is 0. The molecule has 0 atom stereocenters. The second-order valence-electron chi connectivity index (χ2n) is 7.47. The molecule has 1 spiro atoms. The molecule has 3 aromatic rings. The van der Waals surface area contributed by atoms with Crippen LogP contribution in [0.1, 0.15) is 24.0 Å². The fourth-order valence-corrected chi connectivity index (χ4v) is 6.57. The van der Waals surface area contributed by atoms with Crippen LogP contribution >= 0.6 is 11.3 Å². The average molecular weight is 436 g/mol. The second-order valence-corrected chi connectivity index (χ2v) is 10.6. The number of piperidine rings is 1. The molecule has 2 aromatic carbocycles. The minimum Gasteiger partial charge on any atom is -0.253 e. The minimum absolute atomic E-state index is 0.395. The van der Waals surface area contributed by atoms with Gasteiger partial charge in [-0.25, -0.2) is 8.42 Å². The van der Waals surface area contributed by atoms with Gasteiger partial charge >= 0.3 is 0 Å². The van der Waals surface area contributed by atoms with Crippen molar-refractivity contribution >= 4 is 32.8 Å². The lowest BCUT2D eigenvalue weighted by molar-refractivity contribution is 0.249. The van der Waals surface area contributed by atoms with E-state index in [-0.39, 0.29) is 0 Å². The first-order chi connectivity index (χ1) is 14.6. The SMILES string of the molecule is O=S(=O)(c1cccs1)N1CCC2(CC1)N=C(c1ccccc1)C(c1ccccc1)=N2. The van der Waals surface area contributed by atoms with Gasteiger partial charge in [-0.1, -0.05) is 66.7 Å². The third-order valence-corrected chi connectivity index (χ3v) is 8.84.